The Morgan fingerprint density at radius 1 is 1.47 bits per heavy atom. The van der Waals surface area contributed by atoms with E-state index in [1.807, 2.05) is 24.5 Å². The third-order valence-corrected chi connectivity index (χ3v) is 4.15. The number of hydrogen-bond acceptors (Lipinski definition) is 4. The summed E-state index contributed by atoms with van der Waals surface area (Å²) in [7, 11) is 0. The number of aromatic carboxylic acids is 1. The van der Waals surface area contributed by atoms with Gasteiger partial charge in [-0.2, -0.15) is 0 Å². The molecule has 1 heterocycles. The van der Waals surface area contributed by atoms with E-state index >= 15 is 0 Å². The van der Waals surface area contributed by atoms with Gasteiger partial charge in [-0.05, 0) is 32.2 Å². The van der Waals surface area contributed by atoms with E-state index in [0.29, 0.717) is 25.3 Å². The lowest BCUT2D eigenvalue weighted by Crippen LogP contribution is -2.53. The first kappa shape index (κ1) is 14.2. The second-order valence-electron chi connectivity index (χ2n) is 5.18. The first-order chi connectivity index (χ1) is 8.97. The first-order valence-electron chi connectivity index (χ1n) is 6.23. The zero-order valence-corrected chi connectivity index (χ0v) is 12.3. The van der Waals surface area contributed by atoms with Gasteiger partial charge in [0.25, 0.3) is 0 Å². The molecule has 1 aromatic rings. The molecule has 0 amide bonds. The molecule has 2 rings (SSSR count). The minimum atomic E-state index is -0.873. The van der Waals surface area contributed by atoms with Gasteiger partial charge in [-0.1, -0.05) is 6.07 Å². The molecule has 19 heavy (non-hydrogen) atoms. The number of hydrogen-bond donors (Lipinski definition) is 1. The lowest BCUT2D eigenvalue weighted by Gasteiger charge is -2.44. The van der Waals surface area contributed by atoms with E-state index in [9.17, 15) is 9.90 Å². The maximum Gasteiger partial charge on any atom is 0.338 e. The van der Waals surface area contributed by atoms with Crippen LogP contribution in [0.1, 0.15) is 24.2 Å². The summed E-state index contributed by atoms with van der Waals surface area (Å²) in [6, 6.07) is 5.65. The van der Waals surface area contributed by atoms with Crippen LogP contribution in [-0.4, -0.2) is 42.6 Å². The molecule has 0 spiro atoms. The summed E-state index contributed by atoms with van der Waals surface area (Å²) in [5.41, 5.74) is 0.983. The fourth-order valence-corrected chi connectivity index (χ4v) is 3.05. The fourth-order valence-electron chi connectivity index (χ4n) is 2.43. The lowest BCUT2D eigenvalue weighted by molar-refractivity contribution is 0.0628. The first-order valence-corrected chi connectivity index (χ1v) is 7.45. The summed E-state index contributed by atoms with van der Waals surface area (Å²) >= 11 is 1.46. The van der Waals surface area contributed by atoms with Crippen molar-refractivity contribution in [1.82, 2.24) is 0 Å². The summed E-state index contributed by atoms with van der Waals surface area (Å²) in [5.74, 6) is -0.873. The van der Waals surface area contributed by atoms with Crippen molar-refractivity contribution in [1.29, 1.82) is 0 Å². The normalized spacial score (nSPS) is 18.4. The number of benzene rings is 1. The number of thioether (sulfide) groups is 1. The minimum absolute atomic E-state index is 0.195. The van der Waals surface area contributed by atoms with Gasteiger partial charge in [-0.25, -0.2) is 4.79 Å². The van der Waals surface area contributed by atoms with Crippen molar-refractivity contribution in [2.45, 2.75) is 24.3 Å². The molecule has 1 aliphatic rings. The zero-order valence-electron chi connectivity index (χ0n) is 11.5. The van der Waals surface area contributed by atoms with Gasteiger partial charge in [0.05, 0.1) is 30.0 Å². The van der Waals surface area contributed by atoms with E-state index in [-0.39, 0.29) is 5.54 Å². The molecule has 1 N–H and O–H groups in total. The van der Waals surface area contributed by atoms with Crippen LogP contribution >= 0.6 is 11.8 Å². The minimum Gasteiger partial charge on any atom is -0.478 e. The summed E-state index contributed by atoms with van der Waals surface area (Å²) in [4.78, 5) is 14.5. The quantitative estimate of drug-likeness (QED) is 0.863. The van der Waals surface area contributed by atoms with E-state index in [2.05, 4.69) is 18.7 Å². The maximum atomic E-state index is 11.6. The SMILES string of the molecule is CSc1cccc(N2CCOCC2(C)C)c1C(=O)O. The number of ether oxygens (including phenoxy) is 1. The molecule has 0 bridgehead atoms. The van der Waals surface area contributed by atoms with Crippen LogP contribution in [0.2, 0.25) is 0 Å². The topological polar surface area (TPSA) is 49.8 Å². The second kappa shape index (κ2) is 5.43. The van der Waals surface area contributed by atoms with Crippen LogP contribution in [0.3, 0.4) is 0 Å². The molecule has 1 aliphatic heterocycles. The number of nitrogens with zero attached hydrogens (tertiary/aromatic N) is 1. The molecule has 5 heteroatoms. The van der Waals surface area contributed by atoms with Gasteiger partial charge in [-0.15, -0.1) is 11.8 Å². The molecule has 1 fully saturated rings. The van der Waals surface area contributed by atoms with Crippen molar-refractivity contribution in [2.24, 2.45) is 0 Å². The van der Waals surface area contributed by atoms with E-state index in [0.717, 1.165) is 10.6 Å². The summed E-state index contributed by atoms with van der Waals surface area (Å²) in [6.45, 7) is 6.10. The highest BCUT2D eigenvalue weighted by molar-refractivity contribution is 7.98. The highest BCUT2D eigenvalue weighted by Gasteiger charge is 2.33. The van der Waals surface area contributed by atoms with Crippen molar-refractivity contribution < 1.29 is 14.6 Å². The Bertz CT molecular complexity index is 488. The molecule has 1 aromatic carbocycles. The van der Waals surface area contributed by atoms with Crippen molar-refractivity contribution >= 4 is 23.4 Å². The molecule has 0 aromatic heterocycles. The number of carbonyl (C=O) groups is 1. The molecule has 4 nitrogen and oxygen atoms in total. The zero-order chi connectivity index (χ0) is 14.0. The van der Waals surface area contributed by atoms with Crippen LogP contribution < -0.4 is 4.90 Å². The van der Waals surface area contributed by atoms with E-state index in [1.165, 1.54) is 11.8 Å². The molecular weight excluding hydrogens is 262 g/mol. The molecule has 0 unspecified atom stereocenters. The third-order valence-electron chi connectivity index (χ3n) is 3.37. The van der Waals surface area contributed by atoms with E-state index in [4.69, 9.17) is 4.74 Å². The van der Waals surface area contributed by atoms with Crippen LogP contribution in [0.15, 0.2) is 23.1 Å². The Labute approximate surface area is 117 Å². The number of morpholine rings is 1. The molecule has 104 valence electrons. The number of anilines is 1. The van der Waals surface area contributed by atoms with Crippen LogP contribution in [0, 0.1) is 0 Å². The van der Waals surface area contributed by atoms with Crippen molar-refractivity contribution in [3.63, 3.8) is 0 Å². The largest absolute Gasteiger partial charge is 0.478 e. The summed E-state index contributed by atoms with van der Waals surface area (Å²) in [5, 5.41) is 9.51. The third kappa shape index (κ3) is 2.72. The van der Waals surface area contributed by atoms with Crippen LogP contribution in [-0.2, 0) is 4.74 Å². The van der Waals surface area contributed by atoms with Gasteiger partial charge in [0.15, 0.2) is 0 Å². The fraction of sp³-hybridized carbons (Fsp3) is 0.500. The highest BCUT2D eigenvalue weighted by atomic mass is 32.2. The van der Waals surface area contributed by atoms with Crippen LogP contribution in [0.25, 0.3) is 0 Å². The van der Waals surface area contributed by atoms with Crippen LogP contribution in [0.5, 0.6) is 0 Å². The highest BCUT2D eigenvalue weighted by Crippen LogP contribution is 2.34. The average molecular weight is 281 g/mol. The van der Waals surface area contributed by atoms with Crippen LogP contribution in [0.4, 0.5) is 5.69 Å². The summed E-state index contributed by atoms with van der Waals surface area (Å²) in [6.07, 6.45) is 1.90. The second-order valence-corrected chi connectivity index (χ2v) is 6.02. The van der Waals surface area contributed by atoms with Crippen molar-refractivity contribution in [2.75, 3.05) is 30.9 Å². The molecule has 1 saturated heterocycles. The standard InChI is InChI=1S/C14H19NO3S/c1-14(2)9-18-8-7-15(14)10-5-4-6-11(19-3)12(10)13(16)17/h4-6H,7-9H2,1-3H3,(H,16,17). The van der Waals surface area contributed by atoms with Gasteiger partial charge in [0.1, 0.15) is 0 Å². The Hall–Kier alpha value is -1.20. The average Bonchev–Trinajstić information content (AvgIpc) is 2.37. The Balaban J connectivity index is 2.52. The lowest BCUT2D eigenvalue weighted by atomic mass is 9.99. The van der Waals surface area contributed by atoms with Crippen molar-refractivity contribution in [3.05, 3.63) is 23.8 Å². The molecule has 0 radical (unpaired) electrons. The van der Waals surface area contributed by atoms with E-state index in [1.54, 1.807) is 0 Å². The van der Waals surface area contributed by atoms with Gasteiger partial charge in [0.2, 0.25) is 0 Å². The Morgan fingerprint density at radius 2 is 2.21 bits per heavy atom. The van der Waals surface area contributed by atoms with Gasteiger partial charge in [0, 0.05) is 11.4 Å². The smallest absolute Gasteiger partial charge is 0.338 e. The molecule has 0 atom stereocenters. The number of carboxylic acid groups (broad SMARTS) is 1. The maximum absolute atomic E-state index is 11.6. The monoisotopic (exact) mass is 281 g/mol. The van der Waals surface area contributed by atoms with Crippen molar-refractivity contribution in [3.8, 4) is 0 Å². The molecule has 0 aliphatic carbocycles. The number of rotatable bonds is 3. The molecule has 0 saturated carbocycles. The Morgan fingerprint density at radius 3 is 2.79 bits per heavy atom. The predicted molar refractivity (Wildman–Crippen MR) is 77.4 cm³/mol. The summed E-state index contributed by atoms with van der Waals surface area (Å²) < 4.78 is 5.50. The van der Waals surface area contributed by atoms with E-state index < -0.39 is 5.97 Å². The van der Waals surface area contributed by atoms with Gasteiger partial charge in [-0.3, -0.25) is 0 Å². The molecular formula is C14H19NO3S. The number of carboxylic acids is 1. The van der Waals surface area contributed by atoms with Gasteiger partial charge >= 0.3 is 5.97 Å². The predicted octanol–water partition coefficient (Wildman–Crippen LogP) is 2.72. The van der Waals surface area contributed by atoms with Gasteiger partial charge < -0.3 is 14.7 Å². The Kier molecular flexibility index (Phi) is 4.06.